The number of ether oxygens (including phenoxy) is 2. The average Bonchev–Trinajstić information content (AvgIpc) is 2.86. The van der Waals surface area contributed by atoms with E-state index >= 15 is 0 Å². The lowest BCUT2D eigenvalue weighted by Crippen LogP contribution is -2.29. The molecule has 1 unspecified atom stereocenters. The van der Waals surface area contributed by atoms with Gasteiger partial charge in [0.05, 0.1) is 37.3 Å². The van der Waals surface area contributed by atoms with Crippen LogP contribution < -0.4 is 9.80 Å². The van der Waals surface area contributed by atoms with Crippen LogP contribution in [0.4, 0.5) is 20.6 Å². The highest BCUT2D eigenvalue weighted by Crippen LogP contribution is 2.28. The highest BCUT2D eigenvalue weighted by molar-refractivity contribution is 7.91. The predicted octanol–water partition coefficient (Wildman–Crippen LogP) is 0.747. The summed E-state index contributed by atoms with van der Waals surface area (Å²) in [7, 11) is 1.21. The lowest BCUT2D eigenvalue weighted by atomic mass is 10.2. The quantitative estimate of drug-likeness (QED) is 0.575. The van der Waals surface area contributed by atoms with Crippen molar-refractivity contribution in [3.05, 3.63) is 24.0 Å². The topological polar surface area (TPSA) is 82.1 Å². The Morgan fingerprint density at radius 3 is 2.92 bits per heavy atom. The number of rotatable bonds is 3. The van der Waals surface area contributed by atoms with E-state index in [-0.39, 0.29) is 6.54 Å². The zero-order valence-electron chi connectivity index (χ0n) is 13.9. The molecule has 7 nitrogen and oxygen atoms in total. The molecule has 138 valence electrons. The number of carbonyl (C=O) groups is 2. The first-order valence-corrected chi connectivity index (χ1v) is 9.94. The molecule has 2 aliphatic rings. The number of esters is 1. The molecule has 1 aromatic carbocycles. The van der Waals surface area contributed by atoms with E-state index in [1.807, 2.05) is 4.90 Å². The average molecular weight is 372 g/mol. The summed E-state index contributed by atoms with van der Waals surface area (Å²) in [5.74, 6) is 0.182. The number of anilines is 2. The smallest absolute Gasteiger partial charge is 0.415 e. The first-order chi connectivity index (χ1) is 12.0. The number of benzene rings is 1. The van der Waals surface area contributed by atoms with Crippen LogP contribution in [0.3, 0.4) is 0 Å². The van der Waals surface area contributed by atoms with E-state index in [4.69, 9.17) is 4.74 Å². The summed E-state index contributed by atoms with van der Waals surface area (Å²) in [6.45, 7) is 1.20. The molecule has 1 aromatic rings. The number of cyclic esters (lactones) is 1. The first kappa shape index (κ1) is 17.8. The van der Waals surface area contributed by atoms with Gasteiger partial charge in [-0.1, -0.05) is 0 Å². The molecule has 25 heavy (non-hydrogen) atoms. The van der Waals surface area contributed by atoms with Gasteiger partial charge in [-0.05, 0) is 18.2 Å². The van der Waals surface area contributed by atoms with Gasteiger partial charge < -0.3 is 30.1 Å². The molecule has 1 atom stereocenters. The molecule has 2 aliphatic heterocycles. The molecule has 2 fully saturated rings. The van der Waals surface area contributed by atoms with E-state index in [0.29, 0.717) is 36.0 Å². The third-order valence-electron chi connectivity index (χ3n) is 4.40. The predicted molar refractivity (Wildman–Crippen MR) is 93.5 cm³/mol. The van der Waals surface area contributed by atoms with Crippen LogP contribution in [-0.4, -0.2) is 61.0 Å². The molecule has 0 N–H and O–H groups in total. The van der Waals surface area contributed by atoms with Crippen LogP contribution in [0.2, 0.25) is 0 Å². The maximum absolute atomic E-state index is 14.6. The van der Waals surface area contributed by atoms with Gasteiger partial charge in [0.15, 0.2) is 0 Å². The zero-order valence-corrected chi connectivity index (χ0v) is 14.9. The highest BCUT2D eigenvalue weighted by atomic mass is 32.2. The molecule has 2 saturated heterocycles. The Balaban J connectivity index is 1.76. The van der Waals surface area contributed by atoms with E-state index in [9.17, 15) is 18.5 Å². The van der Waals surface area contributed by atoms with Crippen molar-refractivity contribution in [3.8, 4) is 0 Å². The molecule has 0 saturated carbocycles. The van der Waals surface area contributed by atoms with Gasteiger partial charge in [-0.3, -0.25) is 4.90 Å². The van der Waals surface area contributed by atoms with Gasteiger partial charge in [0, 0.05) is 18.7 Å². The maximum Gasteiger partial charge on any atom is 0.415 e. The van der Waals surface area contributed by atoms with Crippen LogP contribution in [0.25, 0.3) is 0 Å². The highest BCUT2D eigenvalue weighted by Gasteiger charge is 2.38. The molecular formula is C16H21FN2O5S. The summed E-state index contributed by atoms with van der Waals surface area (Å²) in [6.07, 6.45) is -0.947. The molecular weight excluding hydrogens is 351 g/mol. The van der Waals surface area contributed by atoms with Crippen molar-refractivity contribution in [1.82, 2.24) is 0 Å². The maximum atomic E-state index is 14.6. The molecule has 0 bridgehead atoms. The Bertz CT molecular complexity index is 674. The van der Waals surface area contributed by atoms with Crippen molar-refractivity contribution >= 4 is 34.6 Å². The molecule has 0 aromatic heterocycles. The fourth-order valence-electron chi connectivity index (χ4n) is 3.05. The number of carbonyl (C=O) groups excluding carboxylic acids is 2. The van der Waals surface area contributed by atoms with Gasteiger partial charge >= 0.3 is 12.1 Å². The standard InChI is InChI=1S/C16H21FN2O5S/c1-23-15(20)14-10-19(16(21)24-14)11-3-4-13(12(17)9-11)18-5-2-7-25(22)8-6-18/h3-4,9,14H,2,5-8,10,25H2,1H3. The van der Waals surface area contributed by atoms with Crippen LogP contribution in [0.5, 0.6) is 0 Å². The Hall–Kier alpha value is -2.00. The van der Waals surface area contributed by atoms with E-state index in [2.05, 4.69) is 4.74 Å². The second-order valence-electron chi connectivity index (χ2n) is 6.02. The number of halogens is 1. The van der Waals surface area contributed by atoms with Crippen molar-refractivity contribution in [1.29, 1.82) is 0 Å². The van der Waals surface area contributed by atoms with Crippen molar-refractivity contribution in [2.75, 3.05) is 48.0 Å². The van der Waals surface area contributed by atoms with Crippen LogP contribution in [-0.2, 0) is 25.4 Å². The van der Waals surface area contributed by atoms with Crippen LogP contribution in [0, 0.1) is 5.82 Å². The van der Waals surface area contributed by atoms with Gasteiger partial charge in [0.1, 0.15) is 5.82 Å². The van der Waals surface area contributed by atoms with Crippen LogP contribution in [0.15, 0.2) is 18.2 Å². The fraction of sp³-hybridized carbons (Fsp3) is 0.500. The zero-order chi connectivity index (χ0) is 18.0. The molecule has 0 aliphatic carbocycles. The minimum atomic E-state index is -1.55. The summed E-state index contributed by atoms with van der Waals surface area (Å²) < 4.78 is 35.8. The molecule has 2 heterocycles. The monoisotopic (exact) mass is 372 g/mol. The van der Waals surface area contributed by atoms with Gasteiger partial charge in [-0.15, -0.1) is 0 Å². The van der Waals surface area contributed by atoms with Gasteiger partial charge in [-0.2, -0.15) is 0 Å². The minimum absolute atomic E-state index is 0.0179. The van der Waals surface area contributed by atoms with E-state index < -0.39 is 35.2 Å². The van der Waals surface area contributed by atoms with E-state index in [1.165, 1.54) is 18.1 Å². The number of nitrogens with zero attached hydrogens (tertiary/aromatic N) is 2. The van der Waals surface area contributed by atoms with E-state index in [1.54, 1.807) is 12.1 Å². The summed E-state index contributed by atoms with van der Waals surface area (Å²) in [6, 6.07) is 4.48. The second kappa shape index (κ2) is 7.49. The molecule has 9 heteroatoms. The third-order valence-corrected chi connectivity index (χ3v) is 6.10. The van der Waals surface area contributed by atoms with Crippen molar-refractivity contribution in [2.45, 2.75) is 12.5 Å². The van der Waals surface area contributed by atoms with E-state index in [0.717, 1.165) is 6.42 Å². The van der Waals surface area contributed by atoms with Crippen molar-refractivity contribution < 1.29 is 28.0 Å². The Morgan fingerprint density at radius 1 is 1.40 bits per heavy atom. The van der Waals surface area contributed by atoms with Gasteiger partial charge in [0.2, 0.25) is 6.10 Å². The second-order valence-corrected chi connectivity index (χ2v) is 8.10. The van der Waals surface area contributed by atoms with Crippen LogP contribution in [0.1, 0.15) is 6.42 Å². The molecule has 0 spiro atoms. The minimum Gasteiger partial charge on any atom is -0.689 e. The fourth-order valence-corrected chi connectivity index (χ4v) is 4.37. The molecule has 0 radical (unpaired) electrons. The molecule has 3 rings (SSSR count). The summed E-state index contributed by atoms with van der Waals surface area (Å²) >= 11 is -1.55. The Kier molecular flexibility index (Phi) is 5.33. The van der Waals surface area contributed by atoms with Crippen molar-refractivity contribution in [3.63, 3.8) is 0 Å². The Morgan fingerprint density at radius 2 is 2.20 bits per heavy atom. The largest absolute Gasteiger partial charge is 0.689 e. The third kappa shape index (κ3) is 3.82. The van der Waals surface area contributed by atoms with Crippen molar-refractivity contribution in [2.24, 2.45) is 0 Å². The lowest BCUT2D eigenvalue weighted by molar-refractivity contribution is -0.148. The molecule has 1 amide bonds. The van der Waals surface area contributed by atoms with Gasteiger partial charge in [-0.25, -0.2) is 14.0 Å². The normalized spacial score (nSPS) is 22.6. The van der Waals surface area contributed by atoms with Crippen LogP contribution >= 0.6 is 0 Å². The van der Waals surface area contributed by atoms with Gasteiger partial charge in [0.25, 0.3) is 0 Å². The Labute approximate surface area is 147 Å². The number of hydrogen-bond acceptors (Lipinski definition) is 6. The summed E-state index contributed by atoms with van der Waals surface area (Å²) in [4.78, 5) is 26.5. The summed E-state index contributed by atoms with van der Waals surface area (Å²) in [5.41, 5.74) is 0.749. The number of methoxy groups -OCH3 is 1. The number of hydrogen-bond donors (Lipinski definition) is 0. The number of amides is 1. The lowest BCUT2D eigenvalue weighted by Gasteiger charge is -2.24. The SMILES string of the molecule is COC(=O)C1CN(c2ccc(N3CCC[SH2+]([O-])CC3)c(F)c2)C(=O)O1. The summed E-state index contributed by atoms with van der Waals surface area (Å²) in [5, 5.41) is 0. The first-order valence-electron chi connectivity index (χ1n) is 8.12.